The number of anilines is 1. The first kappa shape index (κ1) is 34.4. The van der Waals surface area contributed by atoms with Gasteiger partial charge in [-0.15, -0.1) is 0 Å². The lowest BCUT2D eigenvalue weighted by Crippen LogP contribution is -2.36. The van der Waals surface area contributed by atoms with E-state index in [1.165, 1.54) is 17.8 Å². The summed E-state index contributed by atoms with van der Waals surface area (Å²) in [7, 11) is 1.66. The second-order valence-electron chi connectivity index (χ2n) is 15.1. The third-order valence-corrected chi connectivity index (χ3v) is 12.2. The van der Waals surface area contributed by atoms with Crippen molar-refractivity contribution in [2.75, 3.05) is 25.1 Å². The zero-order valence-electron chi connectivity index (χ0n) is 30.6. The molecule has 0 bridgehead atoms. The number of fused-ring (bicyclic) bond motifs is 8. The Morgan fingerprint density at radius 1 is 0.885 bits per heavy atom. The minimum absolute atomic E-state index is 0.190. The number of hydrogen-bond donors (Lipinski definition) is 0. The van der Waals surface area contributed by atoms with Gasteiger partial charge in [-0.25, -0.2) is 0 Å². The maximum atomic E-state index is 14.3. The summed E-state index contributed by atoms with van der Waals surface area (Å²) >= 11 is 0. The number of methoxy groups -OCH3 is 1. The van der Waals surface area contributed by atoms with Crippen molar-refractivity contribution in [3.63, 3.8) is 0 Å². The van der Waals surface area contributed by atoms with E-state index < -0.39 is 22.8 Å². The molecule has 52 heavy (non-hydrogen) atoms. The van der Waals surface area contributed by atoms with Crippen molar-refractivity contribution in [1.29, 1.82) is 0 Å². The van der Waals surface area contributed by atoms with Crippen LogP contribution in [-0.4, -0.2) is 20.2 Å². The van der Waals surface area contributed by atoms with E-state index in [0.717, 1.165) is 100.0 Å². The molecule has 8 rings (SSSR count). The summed E-state index contributed by atoms with van der Waals surface area (Å²) in [5.74, 6) is 2.22. The topological polar surface area (TPSA) is 21.7 Å². The molecule has 1 saturated carbocycles. The molecule has 3 aliphatic rings. The highest BCUT2D eigenvalue weighted by Gasteiger charge is 2.51. The van der Waals surface area contributed by atoms with E-state index in [2.05, 4.69) is 93.3 Å². The molecule has 5 aromatic rings. The highest BCUT2D eigenvalue weighted by molar-refractivity contribution is 6.08. The number of alkyl halides is 3. The molecule has 268 valence electrons. The third kappa shape index (κ3) is 5.23. The smallest absolute Gasteiger partial charge is 0.416 e. The van der Waals surface area contributed by atoms with Crippen molar-refractivity contribution in [3.8, 4) is 22.6 Å². The molecular weight excluding hydrogens is 656 g/mol. The highest BCUT2D eigenvalue weighted by atomic mass is 19.4. The van der Waals surface area contributed by atoms with Crippen molar-refractivity contribution in [1.82, 2.24) is 0 Å². The second kappa shape index (κ2) is 12.8. The molecule has 0 spiro atoms. The lowest BCUT2D eigenvalue weighted by atomic mass is 9.66. The van der Waals surface area contributed by atoms with Crippen LogP contribution in [0.3, 0.4) is 0 Å². The molecule has 6 heteroatoms. The first-order valence-electron chi connectivity index (χ1n) is 18.7. The largest absolute Gasteiger partial charge is 0.497 e. The normalized spacial score (nSPS) is 23.2. The highest BCUT2D eigenvalue weighted by Crippen LogP contribution is 2.63. The summed E-state index contributed by atoms with van der Waals surface area (Å²) in [6, 6.07) is 29.4. The van der Waals surface area contributed by atoms with Gasteiger partial charge in [-0.05, 0) is 108 Å². The first-order valence-corrected chi connectivity index (χ1v) is 18.7. The minimum atomic E-state index is -4.43. The van der Waals surface area contributed by atoms with E-state index in [9.17, 15) is 13.2 Å². The fourth-order valence-electron chi connectivity index (χ4n) is 9.54. The average molecular weight is 702 g/mol. The lowest BCUT2D eigenvalue weighted by Gasteiger charge is -2.40. The average Bonchev–Trinajstić information content (AvgIpc) is 3.73. The van der Waals surface area contributed by atoms with Crippen molar-refractivity contribution in [2.24, 2.45) is 11.8 Å². The van der Waals surface area contributed by atoms with Gasteiger partial charge in [-0.2, -0.15) is 13.2 Å². The van der Waals surface area contributed by atoms with E-state index in [1.807, 2.05) is 24.3 Å². The van der Waals surface area contributed by atoms with Crippen molar-refractivity contribution in [3.05, 3.63) is 130 Å². The summed E-state index contributed by atoms with van der Waals surface area (Å²) in [6.07, 6.45) is 3.98. The Labute approximate surface area is 305 Å². The van der Waals surface area contributed by atoms with Gasteiger partial charge in [0.25, 0.3) is 0 Å². The van der Waals surface area contributed by atoms with E-state index >= 15 is 0 Å². The van der Waals surface area contributed by atoms with Crippen molar-refractivity contribution >= 4 is 22.5 Å². The molecule has 1 aliphatic heterocycles. The first-order chi connectivity index (χ1) is 25.0. The molecule has 1 heterocycles. The molecule has 0 amide bonds. The Bertz CT molecular complexity index is 2170. The zero-order valence-corrected chi connectivity index (χ0v) is 30.6. The van der Waals surface area contributed by atoms with Crippen LogP contribution < -0.4 is 14.4 Å². The van der Waals surface area contributed by atoms with Crippen molar-refractivity contribution < 1.29 is 22.6 Å². The summed E-state index contributed by atoms with van der Waals surface area (Å²) in [5, 5.41) is 1.95. The van der Waals surface area contributed by atoms with Gasteiger partial charge in [0.05, 0.1) is 12.7 Å². The SMILES string of the molecule is CCCN(CC)c1ccc(C2(c3ccc(OC)cc3)C=Cc3c4c(c5ccccc5c3O2)-c2ccc(C(F)(F)F)cc2C4(C)C2CCC(C)C2)cc1. The van der Waals surface area contributed by atoms with Crippen LogP contribution in [0.15, 0.2) is 97.1 Å². The van der Waals surface area contributed by atoms with E-state index in [1.54, 1.807) is 13.2 Å². The molecule has 2 aliphatic carbocycles. The predicted molar refractivity (Wildman–Crippen MR) is 205 cm³/mol. The number of rotatable bonds is 8. The molecule has 0 radical (unpaired) electrons. The molecule has 3 nitrogen and oxygen atoms in total. The summed E-state index contributed by atoms with van der Waals surface area (Å²) in [6.45, 7) is 10.7. The number of ether oxygens (including phenoxy) is 2. The molecule has 1 fully saturated rings. The maximum absolute atomic E-state index is 14.3. The Kier molecular flexibility index (Phi) is 8.43. The third-order valence-electron chi connectivity index (χ3n) is 12.2. The van der Waals surface area contributed by atoms with Gasteiger partial charge in [-0.3, -0.25) is 0 Å². The fourth-order valence-corrected chi connectivity index (χ4v) is 9.54. The maximum Gasteiger partial charge on any atom is 0.416 e. The number of hydrogen-bond acceptors (Lipinski definition) is 3. The Morgan fingerprint density at radius 3 is 2.19 bits per heavy atom. The Balaban J connectivity index is 1.38. The van der Waals surface area contributed by atoms with E-state index in [0.29, 0.717) is 5.92 Å². The Morgan fingerprint density at radius 2 is 1.58 bits per heavy atom. The van der Waals surface area contributed by atoms with E-state index in [-0.39, 0.29) is 5.92 Å². The predicted octanol–water partition coefficient (Wildman–Crippen LogP) is 12.2. The van der Waals surface area contributed by atoms with Crippen LogP contribution in [0.2, 0.25) is 0 Å². The summed E-state index contributed by atoms with van der Waals surface area (Å²) < 4.78 is 56.1. The molecular formula is C46H46F3NO2. The second-order valence-corrected chi connectivity index (χ2v) is 15.1. The van der Waals surface area contributed by atoms with Gasteiger partial charge in [0.2, 0.25) is 0 Å². The van der Waals surface area contributed by atoms with Crippen LogP contribution in [0, 0.1) is 11.8 Å². The van der Waals surface area contributed by atoms with Gasteiger partial charge in [0, 0.05) is 46.3 Å². The van der Waals surface area contributed by atoms with Gasteiger partial charge >= 0.3 is 6.18 Å². The fraction of sp³-hybridized carbons (Fsp3) is 0.348. The lowest BCUT2D eigenvalue weighted by molar-refractivity contribution is -0.137. The van der Waals surface area contributed by atoms with E-state index in [4.69, 9.17) is 9.47 Å². The van der Waals surface area contributed by atoms with Crippen LogP contribution in [-0.2, 0) is 17.2 Å². The van der Waals surface area contributed by atoms with Gasteiger partial charge in [0.15, 0.2) is 5.60 Å². The zero-order chi connectivity index (χ0) is 36.4. The van der Waals surface area contributed by atoms with Crippen LogP contribution >= 0.6 is 0 Å². The summed E-state index contributed by atoms with van der Waals surface area (Å²) in [5.41, 5.74) is 5.67. The van der Waals surface area contributed by atoms with Crippen molar-refractivity contribution in [2.45, 2.75) is 70.6 Å². The summed E-state index contributed by atoms with van der Waals surface area (Å²) in [4.78, 5) is 2.38. The number of benzene rings is 5. The Hall–Kier alpha value is -4.71. The van der Waals surface area contributed by atoms with Crippen LogP contribution in [0.25, 0.3) is 28.0 Å². The monoisotopic (exact) mass is 701 g/mol. The molecule has 0 saturated heterocycles. The molecule has 5 aromatic carbocycles. The molecule has 0 aromatic heterocycles. The minimum Gasteiger partial charge on any atom is -0.497 e. The quantitative estimate of drug-likeness (QED) is 0.161. The van der Waals surface area contributed by atoms with Gasteiger partial charge in [-0.1, -0.05) is 87.9 Å². The number of nitrogens with zero attached hydrogens (tertiary/aromatic N) is 1. The molecule has 4 atom stereocenters. The standard InChI is InChI=1S/C46H46F3NO2/c1-6-26-50(7-2)34-19-14-30(15-20-34)45(31-16-21-35(51-5)22-17-31)25-24-39-42-41(36-10-8-9-11-37(36)43(39)52-45)38-23-18-33(46(47,48)49)28-40(38)44(42,4)32-13-12-29(3)27-32/h8-11,14-25,28-29,32H,6-7,12-13,26-27H2,1-5H3. The van der Waals surface area contributed by atoms with Gasteiger partial charge < -0.3 is 14.4 Å². The molecule has 0 N–H and O–H groups in total. The molecule has 4 unspecified atom stereocenters. The van der Waals surface area contributed by atoms with Gasteiger partial charge in [0.1, 0.15) is 11.5 Å². The van der Waals surface area contributed by atoms with Crippen LogP contribution in [0.4, 0.5) is 18.9 Å². The van der Waals surface area contributed by atoms with Crippen LogP contribution in [0.5, 0.6) is 11.5 Å². The van der Waals surface area contributed by atoms with Crippen LogP contribution in [0.1, 0.15) is 86.8 Å². The number of halogens is 3.